The highest BCUT2D eigenvalue weighted by Crippen LogP contribution is 2.30. The van der Waals surface area contributed by atoms with Crippen molar-refractivity contribution in [1.29, 1.82) is 0 Å². The highest BCUT2D eigenvalue weighted by molar-refractivity contribution is 6.69. The van der Waals surface area contributed by atoms with Gasteiger partial charge in [0.15, 0.2) is 8.32 Å². The molecule has 0 fully saturated rings. The second-order valence-electron chi connectivity index (χ2n) is 5.82. The molecule has 0 saturated heterocycles. The SMILES string of the molecule is Cc1ccc([C@@H](O[Si](C)(C)C)[C@@H]2C=CC(=O)O2)cc1. The van der Waals surface area contributed by atoms with Crippen molar-refractivity contribution in [3.63, 3.8) is 0 Å². The van der Waals surface area contributed by atoms with Crippen LogP contribution in [0.3, 0.4) is 0 Å². The molecule has 3 nitrogen and oxygen atoms in total. The van der Waals surface area contributed by atoms with Crippen LogP contribution in [0.5, 0.6) is 0 Å². The lowest BCUT2D eigenvalue weighted by Crippen LogP contribution is -2.33. The van der Waals surface area contributed by atoms with Gasteiger partial charge in [-0.3, -0.25) is 0 Å². The first kappa shape index (κ1) is 14.0. The van der Waals surface area contributed by atoms with Gasteiger partial charge in [-0.05, 0) is 38.2 Å². The molecule has 0 aliphatic carbocycles. The van der Waals surface area contributed by atoms with E-state index in [1.54, 1.807) is 6.08 Å². The molecule has 0 saturated carbocycles. The molecule has 1 aromatic carbocycles. The molecule has 1 heterocycles. The third-order valence-electron chi connectivity index (χ3n) is 2.86. The normalized spacial score (nSPS) is 20.4. The molecule has 102 valence electrons. The van der Waals surface area contributed by atoms with Crippen LogP contribution in [0.1, 0.15) is 17.2 Å². The Morgan fingerprint density at radius 3 is 2.32 bits per heavy atom. The Hall–Kier alpha value is -1.39. The average molecular weight is 276 g/mol. The number of carbonyl (C=O) groups is 1. The number of esters is 1. The van der Waals surface area contributed by atoms with Crippen molar-refractivity contribution in [3.8, 4) is 0 Å². The Morgan fingerprint density at radius 1 is 1.21 bits per heavy atom. The van der Waals surface area contributed by atoms with Crippen LogP contribution in [0.15, 0.2) is 36.4 Å². The van der Waals surface area contributed by atoms with Crippen LogP contribution in [0, 0.1) is 6.92 Å². The summed E-state index contributed by atoms with van der Waals surface area (Å²) in [5.41, 5.74) is 2.26. The molecule has 0 radical (unpaired) electrons. The Bertz CT molecular complexity index is 485. The Balaban J connectivity index is 2.26. The van der Waals surface area contributed by atoms with Crippen molar-refractivity contribution < 1.29 is 14.0 Å². The minimum absolute atomic E-state index is 0.213. The standard InChI is InChI=1S/C15H20O3Si/c1-11-5-7-12(8-6-11)15(18-19(2,3)4)13-9-10-14(16)17-13/h5-10,13,15H,1-4H3/t13-,15+/m0/s1. The van der Waals surface area contributed by atoms with E-state index in [9.17, 15) is 4.79 Å². The van der Waals surface area contributed by atoms with Gasteiger partial charge in [0.1, 0.15) is 12.2 Å². The maximum atomic E-state index is 11.3. The van der Waals surface area contributed by atoms with Gasteiger partial charge in [0.25, 0.3) is 0 Å². The number of hydrogen-bond acceptors (Lipinski definition) is 3. The molecule has 0 amide bonds. The number of hydrogen-bond donors (Lipinski definition) is 0. The molecule has 0 spiro atoms. The lowest BCUT2D eigenvalue weighted by molar-refractivity contribution is -0.142. The van der Waals surface area contributed by atoms with Crippen LogP contribution in [0.25, 0.3) is 0 Å². The van der Waals surface area contributed by atoms with Crippen LogP contribution < -0.4 is 0 Å². The Morgan fingerprint density at radius 2 is 1.84 bits per heavy atom. The summed E-state index contributed by atoms with van der Waals surface area (Å²) in [6, 6.07) is 8.19. The summed E-state index contributed by atoms with van der Waals surface area (Å²) >= 11 is 0. The predicted octanol–water partition coefficient (Wildman–Crippen LogP) is 3.37. The molecular formula is C15H20O3Si. The smallest absolute Gasteiger partial charge is 0.331 e. The predicted molar refractivity (Wildman–Crippen MR) is 77.4 cm³/mol. The van der Waals surface area contributed by atoms with Gasteiger partial charge in [-0.2, -0.15) is 0 Å². The monoisotopic (exact) mass is 276 g/mol. The second kappa shape index (κ2) is 5.31. The molecule has 1 aliphatic rings. The summed E-state index contributed by atoms with van der Waals surface area (Å²) in [5, 5.41) is 0. The van der Waals surface area contributed by atoms with Crippen molar-refractivity contribution in [3.05, 3.63) is 47.5 Å². The van der Waals surface area contributed by atoms with E-state index in [-0.39, 0.29) is 18.2 Å². The average Bonchev–Trinajstić information content (AvgIpc) is 2.73. The van der Waals surface area contributed by atoms with E-state index in [1.807, 2.05) is 19.1 Å². The molecule has 0 aromatic heterocycles. The summed E-state index contributed by atoms with van der Waals surface area (Å²) in [7, 11) is -1.73. The van der Waals surface area contributed by atoms with Gasteiger partial charge in [0.05, 0.1) is 0 Å². The summed E-state index contributed by atoms with van der Waals surface area (Å²) in [6.45, 7) is 8.45. The van der Waals surface area contributed by atoms with Crippen molar-refractivity contribution in [2.45, 2.75) is 38.8 Å². The molecule has 1 aliphatic heterocycles. The van der Waals surface area contributed by atoms with E-state index in [0.29, 0.717) is 0 Å². The van der Waals surface area contributed by atoms with Crippen LogP contribution in [0.2, 0.25) is 19.6 Å². The zero-order chi connectivity index (χ0) is 14.0. The zero-order valence-corrected chi connectivity index (χ0v) is 12.8. The Labute approximate surface area is 115 Å². The maximum Gasteiger partial charge on any atom is 0.331 e. The van der Waals surface area contributed by atoms with Crippen LogP contribution in [-0.4, -0.2) is 20.4 Å². The molecule has 4 heteroatoms. The second-order valence-corrected chi connectivity index (χ2v) is 10.3. The minimum atomic E-state index is -1.73. The van der Waals surface area contributed by atoms with E-state index in [2.05, 4.69) is 31.8 Å². The fraction of sp³-hybridized carbons (Fsp3) is 0.400. The fourth-order valence-corrected chi connectivity index (χ4v) is 3.04. The van der Waals surface area contributed by atoms with E-state index >= 15 is 0 Å². The van der Waals surface area contributed by atoms with E-state index in [0.717, 1.165) is 5.56 Å². The molecule has 1 aromatic rings. The lowest BCUT2D eigenvalue weighted by atomic mass is 10.0. The van der Waals surface area contributed by atoms with Gasteiger partial charge in [0.2, 0.25) is 0 Å². The fourth-order valence-electron chi connectivity index (χ4n) is 2.01. The number of rotatable bonds is 4. The van der Waals surface area contributed by atoms with E-state index in [4.69, 9.17) is 9.16 Å². The largest absolute Gasteiger partial charge is 0.452 e. The number of ether oxygens (including phenoxy) is 1. The third-order valence-corrected chi connectivity index (χ3v) is 3.82. The highest BCUT2D eigenvalue weighted by Gasteiger charge is 2.32. The van der Waals surface area contributed by atoms with Gasteiger partial charge >= 0.3 is 5.97 Å². The molecular weight excluding hydrogens is 256 g/mol. The maximum absolute atomic E-state index is 11.3. The number of aryl methyl sites for hydroxylation is 1. The molecule has 19 heavy (non-hydrogen) atoms. The van der Waals surface area contributed by atoms with Crippen molar-refractivity contribution >= 4 is 14.3 Å². The van der Waals surface area contributed by atoms with Gasteiger partial charge in [-0.15, -0.1) is 0 Å². The van der Waals surface area contributed by atoms with Crippen LogP contribution in [0.4, 0.5) is 0 Å². The number of cyclic esters (lactones) is 1. The lowest BCUT2D eigenvalue weighted by Gasteiger charge is -2.29. The summed E-state index contributed by atoms with van der Waals surface area (Å²) < 4.78 is 11.5. The van der Waals surface area contributed by atoms with Crippen molar-refractivity contribution in [1.82, 2.24) is 0 Å². The summed E-state index contributed by atoms with van der Waals surface area (Å²) in [4.78, 5) is 11.3. The highest BCUT2D eigenvalue weighted by atomic mass is 28.4. The van der Waals surface area contributed by atoms with Crippen LogP contribution >= 0.6 is 0 Å². The summed E-state index contributed by atoms with van der Waals surface area (Å²) in [5.74, 6) is -0.290. The first-order valence-electron chi connectivity index (χ1n) is 6.48. The number of benzene rings is 1. The third kappa shape index (κ3) is 3.78. The van der Waals surface area contributed by atoms with Gasteiger partial charge in [0, 0.05) is 6.08 Å². The molecule has 2 rings (SSSR count). The minimum Gasteiger partial charge on any atom is -0.452 e. The molecule has 0 N–H and O–H groups in total. The molecule has 0 unspecified atom stereocenters. The van der Waals surface area contributed by atoms with E-state index in [1.165, 1.54) is 11.6 Å². The molecule has 2 atom stereocenters. The van der Waals surface area contributed by atoms with Gasteiger partial charge < -0.3 is 9.16 Å². The molecule has 0 bridgehead atoms. The van der Waals surface area contributed by atoms with Crippen LogP contribution in [-0.2, 0) is 14.0 Å². The number of carbonyl (C=O) groups excluding carboxylic acids is 1. The van der Waals surface area contributed by atoms with Crippen molar-refractivity contribution in [2.75, 3.05) is 0 Å². The first-order chi connectivity index (χ1) is 8.85. The van der Waals surface area contributed by atoms with Gasteiger partial charge in [-0.25, -0.2) is 4.79 Å². The summed E-state index contributed by atoms with van der Waals surface area (Å²) in [6.07, 6.45) is 2.73. The van der Waals surface area contributed by atoms with Gasteiger partial charge in [-0.1, -0.05) is 29.8 Å². The van der Waals surface area contributed by atoms with Crippen molar-refractivity contribution in [2.24, 2.45) is 0 Å². The Kier molecular flexibility index (Phi) is 3.92. The quantitative estimate of drug-likeness (QED) is 0.625. The zero-order valence-electron chi connectivity index (χ0n) is 11.8. The van der Waals surface area contributed by atoms with E-state index < -0.39 is 8.32 Å². The topological polar surface area (TPSA) is 35.5 Å². The first-order valence-corrected chi connectivity index (χ1v) is 9.89.